The quantitative estimate of drug-likeness (QED) is 0.661. The van der Waals surface area contributed by atoms with Crippen molar-refractivity contribution < 1.29 is 9.84 Å². The van der Waals surface area contributed by atoms with Gasteiger partial charge in [-0.1, -0.05) is 0 Å². The fourth-order valence-electron chi connectivity index (χ4n) is 2.52. The molecule has 5 nitrogen and oxygen atoms in total. The minimum Gasteiger partial charge on any atom is -0.390 e. The molecule has 2 aliphatic rings. The fourth-order valence-corrected chi connectivity index (χ4v) is 2.52. The Balaban J connectivity index is 1.66. The van der Waals surface area contributed by atoms with Crippen LogP contribution in [-0.2, 0) is 4.74 Å². The minimum atomic E-state index is -0.230. The zero-order valence-corrected chi connectivity index (χ0v) is 10.6. The number of rotatable bonds is 4. The van der Waals surface area contributed by atoms with Crippen molar-refractivity contribution in [3.63, 3.8) is 0 Å². The highest BCUT2D eigenvalue weighted by Gasteiger charge is 2.17. The highest BCUT2D eigenvalue weighted by molar-refractivity contribution is 4.73. The first kappa shape index (κ1) is 13.2. The lowest BCUT2D eigenvalue weighted by Gasteiger charge is -2.30. The summed E-state index contributed by atoms with van der Waals surface area (Å²) in [6.45, 7) is 9.43. The molecule has 2 fully saturated rings. The van der Waals surface area contributed by atoms with E-state index in [4.69, 9.17) is 4.74 Å². The van der Waals surface area contributed by atoms with Crippen LogP contribution in [0, 0.1) is 0 Å². The molecule has 0 aromatic rings. The molecule has 0 aliphatic carbocycles. The molecule has 0 bridgehead atoms. The molecule has 2 N–H and O–H groups in total. The van der Waals surface area contributed by atoms with Crippen LogP contribution < -0.4 is 5.32 Å². The first-order valence-corrected chi connectivity index (χ1v) is 6.76. The molecule has 1 atom stereocenters. The summed E-state index contributed by atoms with van der Waals surface area (Å²) in [5.74, 6) is 0. The Morgan fingerprint density at radius 2 is 1.71 bits per heavy atom. The third kappa shape index (κ3) is 4.89. The molecule has 2 aliphatic heterocycles. The van der Waals surface area contributed by atoms with Gasteiger partial charge in [0.25, 0.3) is 0 Å². The zero-order chi connectivity index (χ0) is 11.9. The van der Waals surface area contributed by atoms with Gasteiger partial charge in [-0.05, 0) is 19.5 Å². The smallest absolute Gasteiger partial charge is 0.0793 e. The summed E-state index contributed by atoms with van der Waals surface area (Å²) in [6, 6.07) is 0. The summed E-state index contributed by atoms with van der Waals surface area (Å²) in [4.78, 5) is 4.66. The molecule has 5 heteroatoms. The van der Waals surface area contributed by atoms with Crippen LogP contribution in [0.2, 0.25) is 0 Å². The van der Waals surface area contributed by atoms with Crippen molar-refractivity contribution in [2.75, 3.05) is 65.6 Å². The Morgan fingerprint density at radius 3 is 2.47 bits per heavy atom. The van der Waals surface area contributed by atoms with E-state index < -0.39 is 0 Å². The van der Waals surface area contributed by atoms with E-state index in [1.807, 2.05) is 0 Å². The molecule has 0 aromatic heterocycles. The Labute approximate surface area is 104 Å². The second-order valence-corrected chi connectivity index (χ2v) is 4.97. The molecule has 0 aromatic carbocycles. The van der Waals surface area contributed by atoms with Crippen LogP contribution in [0.3, 0.4) is 0 Å². The molecule has 0 spiro atoms. The highest BCUT2D eigenvalue weighted by atomic mass is 16.5. The molecule has 17 heavy (non-hydrogen) atoms. The van der Waals surface area contributed by atoms with E-state index in [2.05, 4.69) is 15.1 Å². The topological polar surface area (TPSA) is 48.0 Å². The third-order valence-electron chi connectivity index (χ3n) is 3.47. The van der Waals surface area contributed by atoms with Gasteiger partial charge in [0.2, 0.25) is 0 Å². The van der Waals surface area contributed by atoms with E-state index in [1.54, 1.807) is 0 Å². The lowest BCUT2D eigenvalue weighted by Crippen LogP contribution is -2.45. The summed E-state index contributed by atoms with van der Waals surface area (Å²) in [7, 11) is 0. The second-order valence-electron chi connectivity index (χ2n) is 4.97. The zero-order valence-electron chi connectivity index (χ0n) is 10.6. The van der Waals surface area contributed by atoms with Crippen molar-refractivity contribution in [2.45, 2.75) is 12.5 Å². The number of ether oxygens (including phenoxy) is 1. The van der Waals surface area contributed by atoms with E-state index >= 15 is 0 Å². The van der Waals surface area contributed by atoms with Gasteiger partial charge in [-0.25, -0.2) is 0 Å². The van der Waals surface area contributed by atoms with Gasteiger partial charge in [-0.15, -0.1) is 0 Å². The lowest BCUT2D eigenvalue weighted by molar-refractivity contribution is 0.00739. The molecular formula is C12H25N3O2. The van der Waals surface area contributed by atoms with E-state index in [1.165, 1.54) is 6.42 Å². The number of aliphatic hydroxyl groups is 1. The average molecular weight is 243 g/mol. The molecular weight excluding hydrogens is 218 g/mol. The van der Waals surface area contributed by atoms with E-state index in [9.17, 15) is 5.11 Å². The van der Waals surface area contributed by atoms with Crippen LogP contribution in [0.4, 0.5) is 0 Å². The number of β-amino-alcohol motifs (C(OH)–C–C–N with tert-alkyl or cyclic N) is 1. The molecule has 0 saturated carbocycles. The van der Waals surface area contributed by atoms with Crippen molar-refractivity contribution in [1.82, 2.24) is 15.1 Å². The first-order valence-electron chi connectivity index (χ1n) is 6.76. The summed E-state index contributed by atoms with van der Waals surface area (Å²) >= 11 is 0. The molecule has 2 rings (SSSR count). The van der Waals surface area contributed by atoms with Gasteiger partial charge in [-0.3, -0.25) is 9.80 Å². The Kier molecular flexibility index (Phi) is 5.67. The number of morpholine rings is 1. The third-order valence-corrected chi connectivity index (χ3v) is 3.47. The molecule has 0 radical (unpaired) electrons. The number of nitrogens with zero attached hydrogens (tertiary/aromatic N) is 2. The number of aliphatic hydroxyl groups excluding tert-OH is 1. The van der Waals surface area contributed by atoms with Crippen molar-refractivity contribution >= 4 is 0 Å². The van der Waals surface area contributed by atoms with Crippen LogP contribution in [-0.4, -0.2) is 86.6 Å². The van der Waals surface area contributed by atoms with Gasteiger partial charge in [0, 0.05) is 39.3 Å². The van der Waals surface area contributed by atoms with Crippen LogP contribution in [0.15, 0.2) is 0 Å². The van der Waals surface area contributed by atoms with E-state index in [0.29, 0.717) is 0 Å². The standard InChI is InChI=1S/C12H25N3O2/c16-12(11-15-6-8-17-9-7-15)10-14-4-1-2-13-3-5-14/h12-13,16H,1-11H2. The van der Waals surface area contributed by atoms with Gasteiger partial charge in [0.05, 0.1) is 19.3 Å². The van der Waals surface area contributed by atoms with Gasteiger partial charge in [0.15, 0.2) is 0 Å². The number of hydrogen-bond donors (Lipinski definition) is 2. The van der Waals surface area contributed by atoms with Crippen molar-refractivity contribution in [1.29, 1.82) is 0 Å². The van der Waals surface area contributed by atoms with Crippen LogP contribution in [0.1, 0.15) is 6.42 Å². The largest absolute Gasteiger partial charge is 0.390 e. The molecule has 1 unspecified atom stereocenters. The number of nitrogens with one attached hydrogen (secondary N) is 1. The Hall–Kier alpha value is -0.200. The van der Waals surface area contributed by atoms with Gasteiger partial charge < -0.3 is 15.2 Å². The summed E-state index contributed by atoms with van der Waals surface area (Å²) < 4.78 is 5.31. The van der Waals surface area contributed by atoms with Crippen molar-refractivity contribution in [3.8, 4) is 0 Å². The summed E-state index contributed by atoms with van der Waals surface area (Å²) in [5.41, 5.74) is 0. The highest BCUT2D eigenvalue weighted by Crippen LogP contribution is 2.02. The van der Waals surface area contributed by atoms with Crippen molar-refractivity contribution in [3.05, 3.63) is 0 Å². The van der Waals surface area contributed by atoms with Crippen LogP contribution >= 0.6 is 0 Å². The van der Waals surface area contributed by atoms with Gasteiger partial charge in [0.1, 0.15) is 0 Å². The first-order chi connectivity index (χ1) is 8.34. The van der Waals surface area contributed by atoms with E-state index in [-0.39, 0.29) is 6.10 Å². The maximum atomic E-state index is 10.1. The molecule has 0 amide bonds. The molecule has 100 valence electrons. The predicted molar refractivity (Wildman–Crippen MR) is 67.2 cm³/mol. The molecule has 2 heterocycles. The van der Waals surface area contributed by atoms with Gasteiger partial charge in [-0.2, -0.15) is 0 Å². The maximum Gasteiger partial charge on any atom is 0.0793 e. The lowest BCUT2D eigenvalue weighted by atomic mass is 10.2. The number of hydrogen-bond acceptors (Lipinski definition) is 5. The fraction of sp³-hybridized carbons (Fsp3) is 1.00. The summed E-state index contributed by atoms with van der Waals surface area (Å²) in [5, 5.41) is 13.5. The van der Waals surface area contributed by atoms with Crippen LogP contribution in [0.5, 0.6) is 0 Å². The maximum absolute atomic E-state index is 10.1. The second kappa shape index (κ2) is 7.28. The Bertz CT molecular complexity index is 202. The Morgan fingerprint density at radius 1 is 1.00 bits per heavy atom. The van der Waals surface area contributed by atoms with E-state index in [0.717, 1.165) is 65.6 Å². The van der Waals surface area contributed by atoms with Crippen LogP contribution in [0.25, 0.3) is 0 Å². The SMILES string of the molecule is OC(CN1CCCNCC1)CN1CCOCC1. The van der Waals surface area contributed by atoms with Crippen molar-refractivity contribution in [2.24, 2.45) is 0 Å². The van der Waals surface area contributed by atoms with Gasteiger partial charge >= 0.3 is 0 Å². The average Bonchev–Trinajstić information content (AvgIpc) is 2.59. The minimum absolute atomic E-state index is 0.230. The summed E-state index contributed by atoms with van der Waals surface area (Å²) in [6.07, 6.45) is 0.954. The molecule has 2 saturated heterocycles. The normalized spacial score (nSPS) is 26.6. The predicted octanol–water partition coefficient (Wildman–Crippen LogP) is -1.03. The monoisotopic (exact) mass is 243 g/mol.